The molecule has 3 radical (unpaired) electrons. The van der Waals surface area contributed by atoms with Crippen molar-refractivity contribution in [2.45, 2.75) is 6.92 Å². The molecule has 2 rings (SSSR count). The first-order valence-electron chi connectivity index (χ1n) is 4.59. The second-order valence-corrected chi connectivity index (χ2v) is 4.95. The van der Waals surface area contributed by atoms with Crippen molar-refractivity contribution in [1.82, 2.24) is 3.97 Å². The molecule has 0 spiro atoms. The predicted molar refractivity (Wildman–Crippen MR) is 64.9 cm³/mol. The maximum Gasteiger partial charge on any atom is 0.285 e. The Morgan fingerprint density at radius 3 is 2.56 bits per heavy atom. The van der Waals surface area contributed by atoms with E-state index in [1.165, 1.54) is 25.1 Å². The molecule has 18 heavy (non-hydrogen) atoms. The van der Waals surface area contributed by atoms with Gasteiger partial charge in [-0.15, -0.1) is 6.07 Å². The Bertz CT molecular complexity index is 814. The molecule has 0 aliphatic carbocycles. The first-order chi connectivity index (χ1) is 7.86. The van der Waals surface area contributed by atoms with Crippen LogP contribution in [0.3, 0.4) is 0 Å². The van der Waals surface area contributed by atoms with Crippen molar-refractivity contribution in [3.05, 3.63) is 45.5 Å². The minimum atomic E-state index is -4.13. The van der Waals surface area contributed by atoms with Gasteiger partial charge in [0.2, 0.25) is 5.56 Å². The zero-order valence-corrected chi connectivity index (χ0v) is 13.1. The minimum Gasteiger partial charge on any atom is -0.284 e. The summed E-state index contributed by atoms with van der Waals surface area (Å²) in [6, 6.07) is 4.32. The van der Waals surface area contributed by atoms with Crippen molar-refractivity contribution in [1.29, 1.82) is 0 Å². The Morgan fingerprint density at radius 1 is 1.44 bits per heavy atom. The van der Waals surface area contributed by atoms with Crippen molar-refractivity contribution in [2.75, 3.05) is 0 Å². The van der Waals surface area contributed by atoms with E-state index in [0.29, 0.717) is 15.0 Å². The number of hydrogen-bond acceptors (Lipinski definition) is 3. The van der Waals surface area contributed by atoms with E-state index in [9.17, 15) is 13.2 Å². The van der Waals surface area contributed by atoms with Crippen molar-refractivity contribution < 1.29 is 41.1 Å². The molecule has 0 aliphatic heterocycles. The van der Waals surface area contributed by atoms with Gasteiger partial charge in [0.25, 0.3) is 7.12 Å². The third-order valence-electron chi connectivity index (χ3n) is 2.49. The number of benzene rings is 1. The van der Waals surface area contributed by atoms with Crippen LogP contribution in [0.1, 0.15) is 5.56 Å². The molecule has 5 nitrogen and oxygen atoms in total. The Kier molecular flexibility index (Phi) is 4.26. The number of aromatic nitrogens is 1. The Morgan fingerprint density at radius 2 is 2.06 bits per heavy atom. The summed E-state index contributed by atoms with van der Waals surface area (Å²) in [5, 5.41) is 0.428. The van der Waals surface area contributed by atoms with Crippen LogP contribution in [-0.2, 0) is 42.6 Å². The van der Waals surface area contributed by atoms with Crippen molar-refractivity contribution in [2.24, 2.45) is 0 Å². The van der Waals surface area contributed by atoms with Crippen LogP contribution in [0.4, 0.5) is 5.69 Å². The van der Waals surface area contributed by atoms with E-state index in [1.54, 1.807) is 0 Å². The fraction of sp³-hybridized carbons (Fsp3) is 0.100. The normalized spacial score (nSPS) is 10.9. The zero-order chi connectivity index (χ0) is 12.8. The first kappa shape index (κ1) is 15.2. The molecule has 0 saturated carbocycles. The predicted octanol–water partition coefficient (Wildman–Crippen LogP) is 0.839. The van der Waals surface area contributed by atoms with Crippen molar-refractivity contribution >= 4 is 33.6 Å². The topological polar surface area (TPSA) is 60.5 Å². The summed E-state index contributed by atoms with van der Waals surface area (Å²) >= 11 is 0. The summed E-state index contributed by atoms with van der Waals surface area (Å²) in [5.74, 6) is 0. The van der Waals surface area contributed by atoms with Crippen LogP contribution in [0.25, 0.3) is 15.7 Å². The minimum absolute atomic E-state index is 0. The number of hydrogen-bond donors (Lipinski definition) is 0. The molecular formula is C10H6BN2O3SY-. The summed E-state index contributed by atoms with van der Waals surface area (Å²) < 4.78 is 23.2. The molecule has 0 unspecified atom stereocenters. The summed E-state index contributed by atoms with van der Waals surface area (Å²) in [6.07, 6.45) is 0. The number of rotatable bonds is 1. The van der Waals surface area contributed by atoms with E-state index >= 15 is 0 Å². The maximum atomic E-state index is 11.8. The summed E-state index contributed by atoms with van der Waals surface area (Å²) in [5.41, 5.74) is 0.124. The van der Waals surface area contributed by atoms with E-state index in [1.807, 2.05) is 0 Å². The van der Waals surface area contributed by atoms with E-state index in [-0.39, 0.29) is 43.8 Å². The molecule has 87 valence electrons. The number of nitrogens with zero attached hydrogens (tertiary/aromatic N) is 2. The molecule has 0 fully saturated rings. The van der Waals surface area contributed by atoms with Crippen LogP contribution in [0, 0.1) is 13.5 Å². The molecule has 1 aromatic heterocycles. The van der Waals surface area contributed by atoms with Crippen LogP contribution in [0.2, 0.25) is 0 Å². The van der Waals surface area contributed by atoms with Gasteiger partial charge in [0.05, 0.1) is 6.57 Å². The van der Waals surface area contributed by atoms with E-state index in [2.05, 4.69) is 4.85 Å². The Balaban J connectivity index is 0.00000162. The fourth-order valence-corrected chi connectivity index (χ4v) is 2.50. The van der Waals surface area contributed by atoms with Gasteiger partial charge >= 0.3 is 0 Å². The van der Waals surface area contributed by atoms with Crippen LogP contribution >= 0.6 is 0 Å². The number of aryl methyl sites for hydroxylation is 1. The van der Waals surface area contributed by atoms with Gasteiger partial charge in [0.15, 0.2) is 9.87 Å². The summed E-state index contributed by atoms with van der Waals surface area (Å²) in [6.45, 7) is 8.37. The molecule has 0 bridgehead atoms. The quantitative estimate of drug-likeness (QED) is 0.574. The van der Waals surface area contributed by atoms with Crippen molar-refractivity contribution in [3.8, 4) is 0 Å². The summed E-state index contributed by atoms with van der Waals surface area (Å²) in [4.78, 5) is 15.0. The smallest absolute Gasteiger partial charge is 0.284 e. The maximum absolute atomic E-state index is 11.8. The SMILES string of the molecule is [B]S(=O)(=O)n1c(=O)[c-](C)c2cc([N+]#[C-])ccc21.[Y]. The van der Waals surface area contributed by atoms with Crippen LogP contribution in [0.15, 0.2) is 23.0 Å². The average Bonchev–Trinajstić information content (AvgIpc) is 2.51. The Labute approximate surface area is 130 Å². The molecule has 1 aromatic carbocycles. The molecule has 0 aliphatic rings. The van der Waals surface area contributed by atoms with E-state index in [0.717, 1.165) is 0 Å². The monoisotopic (exact) mass is 334 g/mol. The van der Waals surface area contributed by atoms with Gasteiger partial charge in [0, 0.05) is 32.7 Å². The largest absolute Gasteiger partial charge is 0.285 e. The Hall–Kier alpha value is -0.831. The average molecular weight is 334 g/mol. The molecular weight excluding hydrogens is 328 g/mol. The third kappa shape index (κ3) is 2.33. The first-order valence-corrected chi connectivity index (χ1v) is 6.09. The van der Waals surface area contributed by atoms with Crippen LogP contribution < -0.4 is 5.56 Å². The third-order valence-corrected chi connectivity index (χ3v) is 3.36. The molecule has 0 atom stereocenters. The standard InChI is InChI=1S/C10H6BN2O3S.Y/c1-6-8-5-7(12-2)3-4-9(8)13(10(6)14)17(11,15)16;/h3-5H,1H3;/q-1;. The van der Waals surface area contributed by atoms with Gasteiger partial charge in [-0.3, -0.25) is 13.6 Å². The van der Waals surface area contributed by atoms with Gasteiger partial charge in [0.1, 0.15) is 5.69 Å². The van der Waals surface area contributed by atoms with E-state index in [4.69, 9.17) is 13.7 Å². The fourth-order valence-electron chi connectivity index (χ4n) is 1.70. The second kappa shape index (κ2) is 5.04. The van der Waals surface area contributed by atoms with Crippen LogP contribution in [0.5, 0.6) is 0 Å². The van der Waals surface area contributed by atoms with Gasteiger partial charge in [-0.05, 0) is 5.52 Å². The zero-order valence-electron chi connectivity index (χ0n) is 9.41. The van der Waals surface area contributed by atoms with Gasteiger partial charge < -0.3 is 0 Å². The molecule has 0 amide bonds. The van der Waals surface area contributed by atoms with E-state index < -0.39 is 15.4 Å². The molecule has 2 aromatic rings. The van der Waals surface area contributed by atoms with Crippen LogP contribution in [-0.4, -0.2) is 19.5 Å². The number of fused-ring (bicyclic) bond motifs is 1. The van der Waals surface area contributed by atoms with Gasteiger partial charge in [-0.2, -0.15) is 11.5 Å². The van der Waals surface area contributed by atoms with Crippen molar-refractivity contribution in [3.63, 3.8) is 0 Å². The molecule has 1 heterocycles. The van der Waals surface area contributed by atoms with Gasteiger partial charge in [-0.25, -0.2) is 8.42 Å². The second-order valence-electron chi connectivity index (χ2n) is 3.55. The molecule has 8 heteroatoms. The molecule has 0 saturated heterocycles. The van der Waals surface area contributed by atoms with Gasteiger partial charge in [-0.1, -0.05) is 18.6 Å². The molecule has 0 N–H and O–H groups in total. The summed E-state index contributed by atoms with van der Waals surface area (Å²) in [7, 11) is 0.850.